The van der Waals surface area contributed by atoms with Gasteiger partial charge in [0.2, 0.25) is 0 Å². The average molecular weight is 521 g/mol. The van der Waals surface area contributed by atoms with Gasteiger partial charge in [0.25, 0.3) is 0 Å². The van der Waals surface area contributed by atoms with Gasteiger partial charge >= 0.3 is 11.9 Å². The molecule has 0 radical (unpaired) electrons. The number of fused-ring (bicyclic) bond motifs is 5. The van der Waals surface area contributed by atoms with Crippen LogP contribution >= 0.6 is 0 Å². The number of allylic oxidation sites excluding steroid dienone is 4. The van der Waals surface area contributed by atoms with Crippen molar-refractivity contribution >= 4 is 17.7 Å². The van der Waals surface area contributed by atoms with E-state index in [9.17, 15) is 34.8 Å². The van der Waals surface area contributed by atoms with Crippen LogP contribution in [-0.2, 0) is 19.1 Å². The Balaban J connectivity index is 1.37. The number of rotatable bonds is 9. The van der Waals surface area contributed by atoms with Gasteiger partial charge in [0.05, 0.1) is 43.4 Å². The number of aliphatic hydroxyl groups is 4. The lowest BCUT2D eigenvalue weighted by Crippen LogP contribution is -2.59. The fourth-order valence-corrected chi connectivity index (χ4v) is 8.10. The molecule has 0 aliphatic heterocycles. The van der Waals surface area contributed by atoms with Crippen molar-refractivity contribution in [1.29, 1.82) is 0 Å². The van der Waals surface area contributed by atoms with Gasteiger partial charge in [-0.15, -0.1) is 0 Å². The standard InChI is InChI=1S/C28H40O9/c1-26-7-5-17(29)11-16(26)3-4-20-21-6-8-28(36,27(21,2)15-22(32)25(20)26)9-10-37-24(35)14-19(31)12-18(30)13-23(33)34/h5,7,11,18-22,25,30-32,36H,3-4,6,8-10,12-15H2,1-2H3,(H,33,34)/t18-,19+,20?,21?,22?,25?,26-,27-,28-/m0/s1. The molecule has 0 heterocycles. The Morgan fingerprint density at radius 1 is 1.16 bits per heavy atom. The molecule has 37 heavy (non-hydrogen) atoms. The average Bonchev–Trinajstić information content (AvgIpc) is 3.03. The molecule has 4 aliphatic rings. The Hall–Kier alpha value is -2.07. The number of carboxylic acid groups (broad SMARTS) is 1. The first kappa shape index (κ1) is 28.0. The molecule has 0 aromatic rings. The van der Waals surface area contributed by atoms with Crippen molar-refractivity contribution in [3.05, 3.63) is 23.8 Å². The quantitative estimate of drug-likeness (QED) is 0.286. The number of ketones is 1. The minimum absolute atomic E-state index is 0.00481. The van der Waals surface area contributed by atoms with E-state index in [1.165, 1.54) is 0 Å². The molecule has 0 aromatic heterocycles. The highest BCUT2D eigenvalue weighted by Crippen LogP contribution is 2.67. The van der Waals surface area contributed by atoms with Crippen molar-refractivity contribution in [2.24, 2.45) is 28.6 Å². The Bertz CT molecular complexity index is 988. The van der Waals surface area contributed by atoms with Crippen LogP contribution in [0.4, 0.5) is 0 Å². The van der Waals surface area contributed by atoms with E-state index in [2.05, 4.69) is 6.92 Å². The molecule has 4 unspecified atom stereocenters. The molecular formula is C28H40O9. The molecule has 3 fully saturated rings. The van der Waals surface area contributed by atoms with E-state index in [-0.39, 0.29) is 54.8 Å². The molecule has 3 saturated carbocycles. The molecule has 0 spiro atoms. The predicted molar refractivity (Wildman–Crippen MR) is 132 cm³/mol. The number of esters is 1. The van der Waals surface area contributed by atoms with E-state index in [0.29, 0.717) is 12.8 Å². The molecule has 0 bridgehead atoms. The van der Waals surface area contributed by atoms with Crippen LogP contribution < -0.4 is 0 Å². The maximum Gasteiger partial charge on any atom is 0.308 e. The van der Waals surface area contributed by atoms with Gasteiger partial charge in [-0.25, -0.2) is 0 Å². The van der Waals surface area contributed by atoms with E-state index in [1.807, 2.05) is 13.0 Å². The van der Waals surface area contributed by atoms with Gasteiger partial charge in [0.15, 0.2) is 5.78 Å². The summed E-state index contributed by atoms with van der Waals surface area (Å²) >= 11 is 0. The second kappa shape index (κ2) is 10.2. The largest absolute Gasteiger partial charge is 0.481 e. The van der Waals surface area contributed by atoms with Gasteiger partial charge in [-0.1, -0.05) is 25.5 Å². The van der Waals surface area contributed by atoms with Gasteiger partial charge in [-0.2, -0.15) is 0 Å². The van der Waals surface area contributed by atoms with Crippen LogP contribution in [0.2, 0.25) is 0 Å². The number of hydrogen-bond donors (Lipinski definition) is 5. The van der Waals surface area contributed by atoms with Crippen LogP contribution in [0.3, 0.4) is 0 Å². The number of hydrogen-bond acceptors (Lipinski definition) is 8. The lowest BCUT2D eigenvalue weighted by molar-refractivity contribution is -0.173. The van der Waals surface area contributed by atoms with Crippen molar-refractivity contribution < 1.29 is 44.7 Å². The monoisotopic (exact) mass is 520 g/mol. The van der Waals surface area contributed by atoms with Crippen molar-refractivity contribution in [3.8, 4) is 0 Å². The fraction of sp³-hybridized carbons (Fsp3) is 0.750. The number of aliphatic hydroxyl groups excluding tert-OH is 3. The van der Waals surface area contributed by atoms with E-state index in [1.54, 1.807) is 12.2 Å². The highest BCUT2D eigenvalue weighted by atomic mass is 16.5. The molecule has 0 aromatic carbocycles. The van der Waals surface area contributed by atoms with Crippen molar-refractivity contribution in [3.63, 3.8) is 0 Å². The number of aliphatic carboxylic acids is 1. The number of carbonyl (C=O) groups excluding carboxylic acids is 2. The third kappa shape index (κ3) is 5.15. The first-order valence-electron chi connectivity index (χ1n) is 13.4. The summed E-state index contributed by atoms with van der Waals surface area (Å²) in [6.45, 7) is 4.11. The normalized spacial score (nSPS) is 40.2. The Kier molecular flexibility index (Phi) is 7.74. The van der Waals surface area contributed by atoms with Crippen molar-refractivity contribution in [2.75, 3.05) is 6.61 Å². The molecule has 0 saturated heterocycles. The molecule has 9 heteroatoms. The zero-order chi connectivity index (χ0) is 27.2. The number of carboxylic acids is 1. The summed E-state index contributed by atoms with van der Waals surface area (Å²) in [5.74, 6) is -1.49. The first-order valence-corrected chi connectivity index (χ1v) is 13.4. The SMILES string of the molecule is C[C@]12C=CC(=O)C=C1CCC1C2C(O)C[C@@]2(C)C1CC[C@]2(O)CCOC(=O)C[C@H](O)C[C@H](O)CC(=O)O. The third-order valence-electron chi connectivity index (χ3n) is 9.95. The van der Waals surface area contributed by atoms with E-state index >= 15 is 0 Å². The summed E-state index contributed by atoms with van der Waals surface area (Å²) in [5.41, 5.74) is -0.948. The first-order chi connectivity index (χ1) is 17.3. The highest BCUT2D eigenvalue weighted by molar-refractivity contribution is 6.01. The zero-order valence-corrected chi connectivity index (χ0v) is 21.6. The van der Waals surface area contributed by atoms with Gasteiger partial charge in [0, 0.05) is 29.6 Å². The molecular weight excluding hydrogens is 480 g/mol. The summed E-state index contributed by atoms with van der Waals surface area (Å²) in [6, 6.07) is 0. The maximum atomic E-state index is 12.2. The minimum Gasteiger partial charge on any atom is -0.481 e. The van der Waals surface area contributed by atoms with Crippen molar-refractivity contribution in [2.45, 2.75) is 95.5 Å². The van der Waals surface area contributed by atoms with Crippen LogP contribution in [0, 0.1) is 28.6 Å². The van der Waals surface area contributed by atoms with Gasteiger partial charge < -0.3 is 30.3 Å². The highest BCUT2D eigenvalue weighted by Gasteiger charge is 2.65. The van der Waals surface area contributed by atoms with Crippen LogP contribution in [0.25, 0.3) is 0 Å². The van der Waals surface area contributed by atoms with Gasteiger partial charge in [-0.3, -0.25) is 14.4 Å². The molecule has 4 rings (SSSR count). The summed E-state index contributed by atoms with van der Waals surface area (Å²) in [5, 5.41) is 51.5. The molecule has 0 amide bonds. The molecule has 4 aliphatic carbocycles. The van der Waals surface area contributed by atoms with E-state index in [0.717, 1.165) is 24.8 Å². The zero-order valence-electron chi connectivity index (χ0n) is 21.6. The topological polar surface area (TPSA) is 162 Å². The molecule has 206 valence electrons. The molecule has 9 atom stereocenters. The second-order valence-electron chi connectivity index (χ2n) is 12.1. The van der Waals surface area contributed by atoms with Gasteiger partial charge in [-0.05, 0) is 56.1 Å². The lowest BCUT2D eigenvalue weighted by atomic mass is 9.46. The van der Waals surface area contributed by atoms with Crippen LogP contribution in [0.15, 0.2) is 23.8 Å². The third-order valence-corrected chi connectivity index (χ3v) is 9.95. The second-order valence-corrected chi connectivity index (χ2v) is 12.1. The Labute approximate surface area is 217 Å². The summed E-state index contributed by atoms with van der Waals surface area (Å²) in [4.78, 5) is 34.8. The van der Waals surface area contributed by atoms with Crippen LogP contribution in [0.5, 0.6) is 0 Å². The maximum absolute atomic E-state index is 12.2. The predicted octanol–water partition coefficient (Wildman–Crippen LogP) is 1.91. The minimum atomic E-state index is -1.25. The van der Waals surface area contributed by atoms with Gasteiger partial charge in [0.1, 0.15) is 0 Å². The summed E-state index contributed by atoms with van der Waals surface area (Å²) in [6.07, 6.45) is 4.69. The van der Waals surface area contributed by atoms with Crippen LogP contribution in [0.1, 0.15) is 71.6 Å². The van der Waals surface area contributed by atoms with Crippen molar-refractivity contribution in [1.82, 2.24) is 0 Å². The lowest BCUT2D eigenvalue weighted by Gasteiger charge is -2.60. The van der Waals surface area contributed by atoms with E-state index in [4.69, 9.17) is 9.84 Å². The number of ether oxygens (including phenoxy) is 1. The Morgan fingerprint density at radius 2 is 1.86 bits per heavy atom. The molecule has 5 N–H and O–H groups in total. The summed E-state index contributed by atoms with van der Waals surface area (Å²) in [7, 11) is 0. The van der Waals surface area contributed by atoms with E-state index < -0.39 is 47.7 Å². The summed E-state index contributed by atoms with van der Waals surface area (Å²) < 4.78 is 5.29. The molecule has 9 nitrogen and oxygen atoms in total. The number of carbonyl (C=O) groups is 3. The fourth-order valence-electron chi connectivity index (χ4n) is 8.10. The smallest absolute Gasteiger partial charge is 0.308 e. The van der Waals surface area contributed by atoms with Crippen LogP contribution in [-0.4, -0.2) is 73.8 Å². The Morgan fingerprint density at radius 3 is 2.57 bits per heavy atom.